The second-order valence-electron chi connectivity index (χ2n) is 4.22. The highest BCUT2D eigenvalue weighted by molar-refractivity contribution is 5.26. The summed E-state index contributed by atoms with van der Waals surface area (Å²) in [5, 5.41) is 27.6. The van der Waals surface area contributed by atoms with Crippen LogP contribution in [0, 0.1) is 17.1 Å². The largest absolute Gasteiger partial charge is 0.392 e. The number of nitrogens with two attached hydrogens (primary N) is 1. The van der Waals surface area contributed by atoms with Crippen molar-refractivity contribution in [3.8, 4) is 6.07 Å². The number of aliphatic hydroxyl groups excluding tert-OH is 2. The molecular formula is C10H10F2N4O4. The molecule has 4 N–H and O–H groups in total. The minimum Gasteiger partial charge on any atom is -0.392 e. The van der Waals surface area contributed by atoms with E-state index in [1.54, 1.807) is 0 Å². The molecule has 1 aromatic rings. The lowest BCUT2D eigenvalue weighted by molar-refractivity contribution is -0.0937. The molecule has 0 radical (unpaired) electrons. The third kappa shape index (κ3) is 1.92. The van der Waals surface area contributed by atoms with E-state index in [9.17, 15) is 18.7 Å². The normalized spacial score (nSPS) is 33.0. The van der Waals surface area contributed by atoms with Gasteiger partial charge in [-0.05, 0) is 0 Å². The first kappa shape index (κ1) is 14.3. The molecule has 1 aliphatic rings. The molecular weight excluding hydrogens is 278 g/mol. The molecule has 4 atom stereocenters. The first-order valence-corrected chi connectivity index (χ1v) is 5.42. The molecule has 10 heteroatoms. The van der Waals surface area contributed by atoms with Crippen molar-refractivity contribution >= 4 is 5.82 Å². The molecule has 0 spiro atoms. The number of hydrogen-bond donors (Lipinski definition) is 3. The highest BCUT2D eigenvalue weighted by atomic mass is 19.1. The number of alkyl halides is 1. The minimum atomic E-state index is -2.23. The van der Waals surface area contributed by atoms with Crippen LogP contribution in [0.15, 0.2) is 11.0 Å². The lowest BCUT2D eigenvalue weighted by Gasteiger charge is -2.21. The zero-order valence-corrected chi connectivity index (χ0v) is 9.90. The molecule has 1 fully saturated rings. The molecule has 0 bridgehead atoms. The van der Waals surface area contributed by atoms with E-state index in [-0.39, 0.29) is 0 Å². The van der Waals surface area contributed by atoms with Gasteiger partial charge in [-0.3, -0.25) is 4.57 Å². The maximum Gasteiger partial charge on any atom is 0.351 e. The summed E-state index contributed by atoms with van der Waals surface area (Å²) in [7, 11) is 0. The molecule has 1 aliphatic heterocycles. The van der Waals surface area contributed by atoms with Gasteiger partial charge in [-0.2, -0.15) is 10.2 Å². The van der Waals surface area contributed by atoms with Crippen LogP contribution in [0.2, 0.25) is 0 Å². The van der Waals surface area contributed by atoms with E-state index in [4.69, 9.17) is 20.8 Å². The van der Waals surface area contributed by atoms with Gasteiger partial charge in [0, 0.05) is 0 Å². The van der Waals surface area contributed by atoms with Crippen LogP contribution in [0.4, 0.5) is 14.6 Å². The summed E-state index contributed by atoms with van der Waals surface area (Å²) in [4.78, 5) is 14.7. The number of nitrogen functional groups attached to an aromatic ring is 1. The Hall–Kier alpha value is -2.09. The average molecular weight is 288 g/mol. The second-order valence-corrected chi connectivity index (χ2v) is 4.22. The first-order chi connectivity index (χ1) is 9.36. The van der Waals surface area contributed by atoms with Crippen LogP contribution in [0.5, 0.6) is 0 Å². The number of ether oxygens (including phenoxy) is 1. The Bertz CT molecular complexity index is 631. The number of hydrogen-bond acceptors (Lipinski definition) is 7. The molecule has 1 saturated heterocycles. The van der Waals surface area contributed by atoms with Gasteiger partial charge in [0.15, 0.2) is 24.0 Å². The fourth-order valence-electron chi connectivity index (χ4n) is 1.87. The average Bonchev–Trinajstić information content (AvgIpc) is 2.68. The predicted octanol–water partition coefficient (Wildman–Crippen LogP) is -1.55. The molecule has 8 nitrogen and oxygen atoms in total. The number of anilines is 1. The topological polar surface area (TPSA) is 134 Å². The monoisotopic (exact) mass is 288 g/mol. The SMILES string of the molecule is N#CC1(CO)OC(n2cc(F)c(N)nc2=O)C(F)C1O. The fraction of sp³-hybridized carbons (Fsp3) is 0.500. The van der Waals surface area contributed by atoms with Crippen molar-refractivity contribution in [2.45, 2.75) is 24.1 Å². The van der Waals surface area contributed by atoms with Crippen LogP contribution in [-0.2, 0) is 4.74 Å². The van der Waals surface area contributed by atoms with Gasteiger partial charge in [-0.25, -0.2) is 13.6 Å². The summed E-state index contributed by atoms with van der Waals surface area (Å²) in [5.74, 6) is -1.76. The molecule has 2 heterocycles. The van der Waals surface area contributed by atoms with E-state index in [0.29, 0.717) is 10.8 Å². The number of nitrogens with zero attached hydrogens (tertiary/aromatic N) is 3. The lowest BCUT2D eigenvalue weighted by atomic mass is 9.99. The third-order valence-corrected chi connectivity index (χ3v) is 3.02. The second kappa shape index (κ2) is 4.78. The maximum atomic E-state index is 14.0. The van der Waals surface area contributed by atoms with E-state index in [0.717, 1.165) is 0 Å². The molecule has 0 amide bonds. The molecule has 0 saturated carbocycles. The third-order valence-electron chi connectivity index (χ3n) is 3.02. The lowest BCUT2D eigenvalue weighted by Crippen LogP contribution is -2.44. The van der Waals surface area contributed by atoms with Crippen LogP contribution in [0.3, 0.4) is 0 Å². The zero-order valence-electron chi connectivity index (χ0n) is 9.90. The van der Waals surface area contributed by atoms with E-state index in [1.807, 2.05) is 0 Å². The number of aliphatic hydroxyl groups is 2. The highest BCUT2D eigenvalue weighted by Crippen LogP contribution is 2.38. The van der Waals surface area contributed by atoms with Crippen molar-refractivity contribution in [3.05, 3.63) is 22.5 Å². The van der Waals surface area contributed by atoms with Crippen LogP contribution >= 0.6 is 0 Å². The molecule has 1 aromatic heterocycles. The number of nitriles is 1. The van der Waals surface area contributed by atoms with E-state index in [1.165, 1.54) is 6.07 Å². The van der Waals surface area contributed by atoms with Crippen LogP contribution < -0.4 is 11.4 Å². The molecule has 0 aliphatic carbocycles. The van der Waals surface area contributed by atoms with Gasteiger partial charge in [-0.1, -0.05) is 0 Å². The Labute approximate surface area is 110 Å². The molecule has 2 rings (SSSR count). The van der Waals surface area contributed by atoms with Crippen molar-refractivity contribution < 1.29 is 23.7 Å². The van der Waals surface area contributed by atoms with Gasteiger partial charge in [0.2, 0.25) is 5.60 Å². The molecule has 4 unspecified atom stereocenters. The fourth-order valence-corrected chi connectivity index (χ4v) is 1.87. The summed E-state index contributed by atoms with van der Waals surface area (Å²) in [6.45, 7) is -0.999. The number of rotatable bonds is 2. The van der Waals surface area contributed by atoms with Gasteiger partial charge < -0.3 is 20.7 Å². The van der Waals surface area contributed by atoms with Gasteiger partial charge in [0.05, 0.1) is 12.8 Å². The van der Waals surface area contributed by atoms with Crippen molar-refractivity contribution in [1.29, 1.82) is 5.26 Å². The highest BCUT2D eigenvalue weighted by Gasteiger charge is 2.56. The Kier molecular flexibility index (Phi) is 3.43. The summed E-state index contributed by atoms with van der Waals surface area (Å²) in [6, 6.07) is 1.44. The van der Waals surface area contributed by atoms with Crippen LogP contribution in [-0.4, -0.2) is 44.2 Å². The smallest absolute Gasteiger partial charge is 0.351 e. The summed E-state index contributed by atoms with van der Waals surface area (Å²) in [6.07, 6.45) is -5.48. The quantitative estimate of drug-likeness (QED) is 0.599. The van der Waals surface area contributed by atoms with E-state index in [2.05, 4.69) is 4.98 Å². The molecule has 0 aromatic carbocycles. The number of aromatic nitrogens is 2. The molecule has 20 heavy (non-hydrogen) atoms. The summed E-state index contributed by atoms with van der Waals surface area (Å²) >= 11 is 0. The predicted molar refractivity (Wildman–Crippen MR) is 59.3 cm³/mol. The van der Waals surface area contributed by atoms with Gasteiger partial charge in [0.1, 0.15) is 12.2 Å². The minimum absolute atomic E-state index is 0.425. The van der Waals surface area contributed by atoms with Crippen LogP contribution in [0.1, 0.15) is 6.23 Å². The summed E-state index contributed by atoms with van der Waals surface area (Å²) < 4.78 is 32.6. The van der Waals surface area contributed by atoms with Crippen LogP contribution in [0.25, 0.3) is 0 Å². The zero-order chi connectivity index (χ0) is 15.1. The summed E-state index contributed by atoms with van der Waals surface area (Å²) in [5.41, 5.74) is 1.73. The van der Waals surface area contributed by atoms with Crippen molar-refractivity contribution in [2.24, 2.45) is 0 Å². The van der Waals surface area contributed by atoms with Gasteiger partial charge in [-0.15, -0.1) is 0 Å². The Morgan fingerprint density at radius 2 is 2.35 bits per heavy atom. The standard InChI is InChI=1S/C10H10F2N4O4/c11-4-1-16(9(19)15-7(4)14)8-5(12)6(18)10(2-13,3-17)20-8/h1,5-6,8,17-18H,3H2,(H2,14,15,19). The van der Waals surface area contributed by atoms with E-state index < -0.39 is 48.0 Å². The van der Waals surface area contributed by atoms with Gasteiger partial charge >= 0.3 is 5.69 Å². The Morgan fingerprint density at radius 3 is 2.85 bits per heavy atom. The Balaban J connectivity index is 2.48. The maximum absolute atomic E-state index is 14.0. The van der Waals surface area contributed by atoms with Crippen molar-refractivity contribution in [1.82, 2.24) is 9.55 Å². The van der Waals surface area contributed by atoms with Crippen molar-refractivity contribution in [3.63, 3.8) is 0 Å². The molecule has 108 valence electrons. The van der Waals surface area contributed by atoms with Gasteiger partial charge in [0.25, 0.3) is 0 Å². The first-order valence-electron chi connectivity index (χ1n) is 5.42. The Morgan fingerprint density at radius 1 is 1.70 bits per heavy atom. The number of halogens is 2. The van der Waals surface area contributed by atoms with E-state index >= 15 is 0 Å². The van der Waals surface area contributed by atoms with Crippen molar-refractivity contribution in [2.75, 3.05) is 12.3 Å².